The average molecular weight is 578 g/mol. The molecule has 1 saturated carbocycles. The van der Waals surface area contributed by atoms with E-state index in [0.29, 0.717) is 57.9 Å². The van der Waals surface area contributed by atoms with Gasteiger partial charge >= 0.3 is 0 Å². The second-order valence-electron chi connectivity index (χ2n) is 10.7. The van der Waals surface area contributed by atoms with Crippen molar-refractivity contribution in [2.75, 3.05) is 13.2 Å². The fourth-order valence-corrected chi connectivity index (χ4v) is 5.24. The highest BCUT2D eigenvalue weighted by atomic mass is 17.1. The summed E-state index contributed by atoms with van der Waals surface area (Å²) in [6, 6.07) is 9.97. The maximum Gasteiger partial charge on any atom is 0.229 e. The van der Waals surface area contributed by atoms with E-state index in [2.05, 4.69) is 4.84 Å². The van der Waals surface area contributed by atoms with Crippen LogP contribution in [-0.2, 0) is 20.8 Å². The molecule has 0 spiro atoms. The van der Waals surface area contributed by atoms with Gasteiger partial charge in [-0.15, -0.1) is 15.3 Å². The smallest absolute Gasteiger partial charge is 0.229 e. The number of unbranched alkanes of at least 4 members (excludes halogenated alkanes) is 3. The molecule has 1 aliphatic rings. The lowest BCUT2D eigenvalue weighted by Gasteiger charge is -2.20. The van der Waals surface area contributed by atoms with Crippen LogP contribution in [0.1, 0.15) is 76.7 Å². The Kier molecular flexibility index (Phi) is 16.7. The Bertz CT molecular complexity index is 939. The molecule has 10 heteroatoms. The van der Waals surface area contributed by atoms with E-state index < -0.39 is 23.7 Å². The number of carbonyl (C=O) groups excluding carboxylic acids is 2. The number of carbonyl (C=O) groups is 2. The van der Waals surface area contributed by atoms with E-state index in [1.54, 1.807) is 13.0 Å². The molecule has 6 N–H and O–H groups in total. The van der Waals surface area contributed by atoms with Gasteiger partial charge in [-0.2, -0.15) is 0 Å². The van der Waals surface area contributed by atoms with Gasteiger partial charge in [0.05, 0.1) is 23.7 Å². The molecule has 1 aliphatic carbocycles. The quantitative estimate of drug-likeness (QED) is 0.0834. The molecule has 1 aromatic carbocycles. The van der Waals surface area contributed by atoms with Crippen LogP contribution in [0.15, 0.2) is 54.6 Å². The van der Waals surface area contributed by atoms with Gasteiger partial charge in [0.1, 0.15) is 6.61 Å². The Balaban J connectivity index is 1.70. The number of imide groups is 1. The van der Waals surface area contributed by atoms with E-state index in [9.17, 15) is 24.9 Å². The summed E-state index contributed by atoms with van der Waals surface area (Å²) in [5.41, 5.74) is 1.16. The fraction of sp³-hybridized carbons (Fsp3) is 0.613. The summed E-state index contributed by atoms with van der Waals surface area (Å²) in [5.74, 6) is -0.782. The standard InChI is InChI=1S/C31H49N2O8/c1-2-32(31(38)17-11-6-12-22-41-33(39)40)30(37)16-10-4-3-9-15-26-27(29(36)23-28(26)35)21-20-25(34)19-18-24-13-7-5-8-14-24/h3,5,7-9,13-14,20-21,25-29,33-36,39-40H,2,4,6,10-12,15-19,22-23H2,1H3/q+1/b9-3-,21-20+/t25-,26+,27+,28-,29+/m0/s1. The van der Waals surface area contributed by atoms with E-state index in [4.69, 9.17) is 10.4 Å². The van der Waals surface area contributed by atoms with Gasteiger partial charge in [-0.3, -0.25) is 14.5 Å². The summed E-state index contributed by atoms with van der Waals surface area (Å²) < 4.78 is 0. The van der Waals surface area contributed by atoms with E-state index in [0.717, 1.165) is 12.0 Å². The Morgan fingerprint density at radius 2 is 1.73 bits per heavy atom. The lowest BCUT2D eigenvalue weighted by Crippen LogP contribution is -3.06. The van der Waals surface area contributed by atoms with Crippen LogP contribution < -0.4 is 5.39 Å². The first-order valence-corrected chi connectivity index (χ1v) is 14.8. The molecule has 0 heterocycles. The summed E-state index contributed by atoms with van der Waals surface area (Å²) in [5, 5.41) is 47.4. The van der Waals surface area contributed by atoms with Gasteiger partial charge in [0.25, 0.3) is 0 Å². The van der Waals surface area contributed by atoms with Crippen LogP contribution in [0.4, 0.5) is 0 Å². The summed E-state index contributed by atoms with van der Waals surface area (Å²) in [6.45, 7) is 2.26. The highest BCUT2D eigenvalue weighted by Gasteiger charge is 2.39. The van der Waals surface area contributed by atoms with E-state index in [1.165, 1.54) is 4.90 Å². The number of aliphatic hydroxyl groups is 3. The third kappa shape index (κ3) is 13.4. The number of quaternary nitrogens is 1. The lowest BCUT2D eigenvalue weighted by molar-refractivity contribution is -1.37. The molecule has 2 amide bonds. The molecule has 230 valence electrons. The van der Waals surface area contributed by atoms with E-state index >= 15 is 0 Å². The molecule has 41 heavy (non-hydrogen) atoms. The van der Waals surface area contributed by atoms with Gasteiger partial charge in [-0.25, -0.2) is 0 Å². The summed E-state index contributed by atoms with van der Waals surface area (Å²) in [7, 11) is 0. The van der Waals surface area contributed by atoms with Gasteiger partial charge in [-0.05, 0) is 63.4 Å². The summed E-state index contributed by atoms with van der Waals surface area (Å²) >= 11 is 0. The van der Waals surface area contributed by atoms with Gasteiger partial charge < -0.3 is 15.3 Å². The molecule has 2 rings (SSSR count). The number of nitrogens with one attached hydrogen (secondary N) is 1. The number of aryl methyl sites for hydroxylation is 1. The van der Waals surface area contributed by atoms with Crippen molar-refractivity contribution >= 4 is 11.8 Å². The normalized spacial score (nSPS) is 21.7. The molecule has 0 bridgehead atoms. The summed E-state index contributed by atoms with van der Waals surface area (Å²) in [4.78, 5) is 30.8. The third-order valence-corrected chi connectivity index (χ3v) is 7.56. The molecular weight excluding hydrogens is 528 g/mol. The van der Waals surface area contributed by atoms with Crippen molar-refractivity contribution in [2.45, 2.75) is 95.9 Å². The zero-order valence-electron chi connectivity index (χ0n) is 24.2. The lowest BCUT2D eigenvalue weighted by atomic mass is 9.89. The van der Waals surface area contributed by atoms with Crippen molar-refractivity contribution in [3.63, 3.8) is 0 Å². The number of allylic oxidation sites excluding steroid dienone is 2. The number of hydrogen-bond donors (Lipinski definition) is 6. The molecule has 1 fully saturated rings. The maximum atomic E-state index is 12.6. The van der Waals surface area contributed by atoms with E-state index in [-0.39, 0.29) is 43.1 Å². The zero-order chi connectivity index (χ0) is 30.0. The zero-order valence-corrected chi connectivity index (χ0v) is 24.2. The first kappa shape index (κ1) is 34.8. The first-order valence-electron chi connectivity index (χ1n) is 14.8. The number of amides is 2. The SMILES string of the molecule is CCN(C(=O)CCC/C=C\C[C@@H]1[C@@H](/C=C/[C@@H](O)CCc2ccccc2)[C@H](O)C[C@@H]1O)C(=O)CCCCCO[NH+](O)O. The van der Waals surface area contributed by atoms with Crippen molar-refractivity contribution in [3.8, 4) is 0 Å². The van der Waals surface area contributed by atoms with Crippen molar-refractivity contribution in [3.05, 3.63) is 60.2 Å². The van der Waals surface area contributed by atoms with Crippen LogP contribution in [-0.4, -0.2) is 73.9 Å². The second-order valence-corrected chi connectivity index (χ2v) is 10.7. The Morgan fingerprint density at radius 1 is 1.02 bits per heavy atom. The molecule has 10 nitrogen and oxygen atoms in total. The Morgan fingerprint density at radius 3 is 2.41 bits per heavy atom. The molecule has 0 aromatic heterocycles. The monoisotopic (exact) mass is 577 g/mol. The van der Waals surface area contributed by atoms with Crippen molar-refractivity contribution in [2.24, 2.45) is 11.8 Å². The maximum absolute atomic E-state index is 12.6. The first-order chi connectivity index (χ1) is 19.7. The molecule has 0 aliphatic heterocycles. The highest BCUT2D eigenvalue weighted by molar-refractivity contribution is 5.95. The van der Waals surface area contributed by atoms with Crippen LogP contribution in [0.5, 0.6) is 0 Å². The molecular formula is C31H49N2O8+. The molecule has 0 radical (unpaired) electrons. The molecule has 1 aromatic rings. The largest absolute Gasteiger partial charge is 0.393 e. The molecule has 0 saturated heterocycles. The van der Waals surface area contributed by atoms with Gasteiger partial charge in [0.15, 0.2) is 0 Å². The summed E-state index contributed by atoms with van der Waals surface area (Å²) in [6.07, 6.45) is 11.5. The number of benzene rings is 1. The van der Waals surface area contributed by atoms with Gasteiger partial charge in [0.2, 0.25) is 11.8 Å². The van der Waals surface area contributed by atoms with Crippen LogP contribution in [0, 0.1) is 11.8 Å². The number of rotatable bonds is 19. The van der Waals surface area contributed by atoms with Gasteiger partial charge in [-0.1, -0.05) is 61.1 Å². The molecule has 5 atom stereocenters. The third-order valence-electron chi connectivity index (χ3n) is 7.56. The topological polar surface area (TPSA) is 152 Å². The fourth-order valence-electron chi connectivity index (χ4n) is 5.24. The number of aliphatic hydroxyl groups excluding tert-OH is 3. The van der Waals surface area contributed by atoms with E-state index in [1.807, 2.05) is 48.6 Å². The number of nitrogens with zero attached hydrogens (tertiary/aromatic N) is 1. The van der Waals surface area contributed by atoms with Crippen LogP contribution in [0.3, 0.4) is 0 Å². The minimum absolute atomic E-state index is 0.146. The van der Waals surface area contributed by atoms with Crippen LogP contribution in [0.2, 0.25) is 0 Å². The predicted octanol–water partition coefficient (Wildman–Crippen LogP) is 2.54. The minimum atomic E-state index is -1.06. The average Bonchev–Trinajstić information content (AvgIpc) is 3.22. The van der Waals surface area contributed by atoms with Crippen molar-refractivity contribution < 1.29 is 45.6 Å². The van der Waals surface area contributed by atoms with Crippen LogP contribution in [0.25, 0.3) is 0 Å². The molecule has 0 unspecified atom stereocenters. The van der Waals surface area contributed by atoms with Crippen molar-refractivity contribution in [1.29, 1.82) is 0 Å². The Labute approximate surface area is 243 Å². The minimum Gasteiger partial charge on any atom is -0.393 e. The highest BCUT2D eigenvalue weighted by Crippen LogP contribution is 2.36. The van der Waals surface area contributed by atoms with Gasteiger partial charge in [0, 0.05) is 31.7 Å². The predicted molar refractivity (Wildman–Crippen MR) is 152 cm³/mol. The van der Waals surface area contributed by atoms with Crippen molar-refractivity contribution in [1.82, 2.24) is 4.90 Å². The number of hydrogen-bond acceptors (Lipinski definition) is 8. The second kappa shape index (κ2) is 19.6. The Hall–Kier alpha value is -2.44. The van der Waals surface area contributed by atoms with Crippen LogP contribution >= 0.6 is 0 Å².